The van der Waals surface area contributed by atoms with Crippen molar-refractivity contribution >= 4 is 5.97 Å². The van der Waals surface area contributed by atoms with Gasteiger partial charge < -0.3 is 34.2 Å². The molecule has 0 fully saturated rings. The number of nitrogens with zero attached hydrogens (tertiary/aromatic N) is 1. The van der Waals surface area contributed by atoms with E-state index in [1.807, 2.05) is 38.1 Å². The number of nitrogens with two attached hydrogens (primary N) is 1. The highest BCUT2D eigenvalue weighted by Crippen LogP contribution is 2.45. The summed E-state index contributed by atoms with van der Waals surface area (Å²) in [4.78, 5) is 12.8. The third-order valence-corrected chi connectivity index (χ3v) is 6.24. The second kappa shape index (κ2) is 11.3. The number of hydrogen-bond acceptors (Lipinski definition) is 9. The normalized spacial score (nSPS) is 17.4. The Bertz CT molecular complexity index is 1460. The van der Waals surface area contributed by atoms with E-state index >= 15 is 0 Å². The minimum absolute atomic E-state index is 0.0247. The van der Waals surface area contributed by atoms with E-state index in [9.17, 15) is 10.1 Å². The molecule has 200 valence electrons. The van der Waals surface area contributed by atoms with E-state index in [1.165, 1.54) is 0 Å². The number of nitriles is 1. The van der Waals surface area contributed by atoms with Crippen LogP contribution in [0.25, 0.3) is 0 Å². The van der Waals surface area contributed by atoms with Gasteiger partial charge in [-0.25, -0.2) is 4.79 Å². The number of esters is 1. The lowest BCUT2D eigenvalue weighted by Gasteiger charge is -2.28. The summed E-state index contributed by atoms with van der Waals surface area (Å²) in [5.41, 5.74) is 7.91. The van der Waals surface area contributed by atoms with Gasteiger partial charge in [-0.05, 0) is 49.2 Å². The van der Waals surface area contributed by atoms with E-state index in [2.05, 4.69) is 6.07 Å². The van der Waals surface area contributed by atoms with Crippen LogP contribution in [0.1, 0.15) is 37.3 Å². The average Bonchev–Trinajstić information content (AvgIpc) is 2.95. The molecule has 3 aromatic rings. The third kappa shape index (κ3) is 5.27. The van der Waals surface area contributed by atoms with Crippen molar-refractivity contribution in [3.05, 3.63) is 83.2 Å². The van der Waals surface area contributed by atoms with Crippen LogP contribution in [-0.2, 0) is 4.79 Å². The highest BCUT2D eigenvalue weighted by molar-refractivity contribution is 5.78. The van der Waals surface area contributed by atoms with Gasteiger partial charge in [0.1, 0.15) is 29.7 Å². The lowest BCUT2D eigenvalue weighted by atomic mass is 9.83. The number of benzene rings is 3. The number of para-hydroxylation sites is 2. The lowest BCUT2D eigenvalue weighted by molar-refractivity contribution is -0.144. The van der Waals surface area contributed by atoms with Crippen LogP contribution in [0.4, 0.5) is 0 Å². The zero-order chi connectivity index (χ0) is 27.4. The zero-order valence-electron chi connectivity index (χ0n) is 21.6. The smallest absolute Gasteiger partial charge is 0.356 e. The molecule has 0 amide bonds. The maximum Gasteiger partial charge on any atom is 0.356 e. The lowest BCUT2D eigenvalue weighted by Crippen LogP contribution is -2.39. The van der Waals surface area contributed by atoms with Crippen LogP contribution in [0.3, 0.4) is 0 Å². The number of fused-ring (bicyclic) bond motifs is 2. The van der Waals surface area contributed by atoms with E-state index in [-0.39, 0.29) is 23.8 Å². The molecular weight excluding hydrogens is 500 g/mol. The third-order valence-electron chi connectivity index (χ3n) is 6.24. The molecule has 0 radical (unpaired) electrons. The summed E-state index contributed by atoms with van der Waals surface area (Å²) in [6, 6.07) is 19.8. The second-order valence-electron chi connectivity index (χ2n) is 8.90. The van der Waals surface area contributed by atoms with Crippen molar-refractivity contribution in [1.82, 2.24) is 0 Å². The standard InChI is InChI=1S/C30H28N2O7/c1-3-13-35-23-12-9-18(14-26(23)34-4-2)28-20-11-10-19(15-25(20)39-29(32)21(28)16-31)37-30(33)27-17-36-22-7-5-6-8-24(22)38-27/h5-12,14-15,27-28H,3-4,13,17,32H2,1-2H3. The molecule has 2 aliphatic rings. The van der Waals surface area contributed by atoms with Crippen molar-refractivity contribution in [3.8, 4) is 40.6 Å². The van der Waals surface area contributed by atoms with E-state index in [0.717, 1.165) is 12.0 Å². The van der Waals surface area contributed by atoms with Crippen molar-refractivity contribution < 1.29 is 33.2 Å². The molecule has 0 spiro atoms. The van der Waals surface area contributed by atoms with Gasteiger partial charge in [-0.15, -0.1) is 0 Å². The highest BCUT2D eigenvalue weighted by Gasteiger charge is 2.33. The minimum Gasteiger partial charge on any atom is -0.490 e. The molecule has 2 heterocycles. The minimum atomic E-state index is -0.926. The Labute approximate surface area is 226 Å². The first-order chi connectivity index (χ1) is 19.0. The predicted octanol–water partition coefficient (Wildman–Crippen LogP) is 4.84. The average molecular weight is 529 g/mol. The van der Waals surface area contributed by atoms with Crippen molar-refractivity contribution in [2.24, 2.45) is 5.73 Å². The molecule has 0 saturated carbocycles. The van der Waals surface area contributed by atoms with Gasteiger partial charge in [-0.1, -0.05) is 31.2 Å². The Morgan fingerprint density at radius 2 is 1.85 bits per heavy atom. The first-order valence-corrected chi connectivity index (χ1v) is 12.7. The molecule has 0 aromatic heterocycles. The highest BCUT2D eigenvalue weighted by atomic mass is 16.6. The second-order valence-corrected chi connectivity index (χ2v) is 8.90. The fourth-order valence-electron chi connectivity index (χ4n) is 4.46. The molecule has 5 rings (SSSR count). The zero-order valence-corrected chi connectivity index (χ0v) is 21.6. The van der Waals surface area contributed by atoms with E-state index in [1.54, 1.807) is 36.4 Å². The Balaban J connectivity index is 1.42. The Hall–Kier alpha value is -4.84. The van der Waals surface area contributed by atoms with E-state index in [0.29, 0.717) is 47.5 Å². The molecule has 2 aliphatic heterocycles. The van der Waals surface area contributed by atoms with Gasteiger partial charge in [-0.2, -0.15) is 5.26 Å². The fraction of sp³-hybridized carbons (Fsp3) is 0.267. The summed E-state index contributed by atoms with van der Waals surface area (Å²) < 4.78 is 34.4. The fourth-order valence-corrected chi connectivity index (χ4v) is 4.46. The van der Waals surface area contributed by atoms with Gasteiger partial charge in [0.15, 0.2) is 23.0 Å². The first kappa shape index (κ1) is 25.8. The van der Waals surface area contributed by atoms with Gasteiger partial charge >= 0.3 is 5.97 Å². The largest absolute Gasteiger partial charge is 0.490 e. The molecule has 2 atom stereocenters. The predicted molar refractivity (Wildman–Crippen MR) is 141 cm³/mol. The molecule has 2 N–H and O–H groups in total. The molecule has 0 saturated heterocycles. The topological polar surface area (TPSA) is 122 Å². The summed E-state index contributed by atoms with van der Waals surface area (Å²) in [5, 5.41) is 9.93. The summed E-state index contributed by atoms with van der Waals surface area (Å²) in [5.74, 6) is 1.71. The first-order valence-electron chi connectivity index (χ1n) is 12.7. The monoisotopic (exact) mass is 528 g/mol. The molecule has 39 heavy (non-hydrogen) atoms. The van der Waals surface area contributed by atoms with Crippen molar-refractivity contribution in [2.45, 2.75) is 32.3 Å². The van der Waals surface area contributed by atoms with Crippen LogP contribution in [0.5, 0.6) is 34.5 Å². The summed E-state index contributed by atoms with van der Waals surface area (Å²) in [7, 11) is 0. The molecule has 9 nitrogen and oxygen atoms in total. The van der Waals surface area contributed by atoms with E-state index < -0.39 is 18.0 Å². The van der Waals surface area contributed by atoms with Gasteiger partial charge in [-0.3, -0.25) is 0 Å². The van der Waals surface area contributed by atoms with Gasteiger partial charge in [0, 0.05) is 11.6 Å². The van der Waals surface area contributed by atoms with Crippen LogP contribution in [0.2, 0.25) is 0 Å². The maximum atomic E-state index is 12.8. The van der Waals surface area contributed by atoms with Crippen LogP contribution < -0.4 is 34.2 Å². The quantitative estimate of drug-likeness (QED) is 0.323. The molecule has 9 heteroatoms. The Kier molecular flexibility index (Phi) is 7.46. The molecule has 2 unspecified atom stereocenters. The Morgan fingerprint density at radius 1 is 1.03 bits per heavy atom. The van der Waals surface area contributed by atoms with Gasteiger partial charge in [0.2, 0.25) is 12.0 Å². The van der Waals surface area contributed by atoms with Crippen molar-refractivity contribution in [1.29, 1.82) is 5.26 Å². The van der Waals surface area contributed by atoms with E-state index in [4.69, 9.17) is 34.2 Å². The number of carbonyl (C=O) groups is 1. The SMILES string of the molecule is CCCOc1ccc(C2C(C#N)=C(N)Oc3cc(OC(=O)C4COc5ccccc5O4)ccc32)cc1OCC. The number of carbonyl (C=O) groups excluding carboxylic acids is 1. The van der Waals surface area contributed by atoms with Crippen LogP contribution in [0.15, 0.2) is 72.1 Å². The van der Waals surface area contributed by atoms with Crippen molar-refractivity contribution in [2.75, 3.05) is 19.8 Å². The van der Waals surface area contributed by atoms with Crippen LogP contribution in [0, 0.1) is 11.3 Å². The molecular formula is C30H28N2O7. The number of allylic oxidation sites excluding steroid dienone is 1. The summed E-state index contributed by atoms with van der Waals surface area (Å²) in [6.45, 7) is 4.96. The number of hydrogen-bond donors (Lipinski definition) is 1. The molecule has 0 bridgehead atoms. The summed E-state index contributed by atoms with van der Waals surface area (Å²) >= 11 is 0. The maximum absolute atomic E-state index is 12.8. The molecule has 3 aromatic carbocycles. The van der Waals surface area contributed by atoms with Gasteiger partial charge in [0.05, 0.1) is 19.1 Å². The summed E-state index contributed by atoms with van der Waals surface area (Å²) in [6.07, 6.45) is -0.0660. The van der Waals surface area contributed by atoms with Gasteiger partial charge in [0.25, 0.3) is 0 Å². The molecule has 0 aliphatic carbocycles. The van der Waals surface area contributed by atoms with Crippen LogP contribution in [-0.4, -0.2) is 31.9 Å². The van der Waals surface area contributed by atoms with Crippen molar-refractivity contribution in [3.63, 3.8) is 0 Å². The van der Waals surface area contributed by atoms with Crippen LogP contribution >= 0.6 is 0 Å². The number of ether oxygens (including phenoxy) is 6. The number of rotatable bonds is 8. The Morgan fingerprint density at radius 3 is 2.62 bits per heavy atom.